The molecule has 1 aromatic rings. The van der Waals surface area contributed by atoms with Crippen LogP contribution in [0.4, 0.5) is 0 Å². The third-order valence-electron chi connectivity index (χ3n) is 4.82. The van der Waals surface area contributed by atoms with Gasteiger partial charge in [-0.3, -0.25) is 4.90 Å². The highest BCUT2D eigenvalue weighted by Gasteiger charge is 2.31. The maximum atomic E-state index is 9.38. The molecule has 0 radical (unpaired) electrons. The molecule has 118 valence electrons. The average Bonchev–Trinajstić information content (AvgIpc) is 2.75. The van der Waals surface area contributed by atoms with E-state index >= 15 is 0 Å². The van der Waals surface area contributed by atoms with E-state index in [1.807, 2.05) is 6.07 Å². The molecule has 21 heavy (non-hydrogen) atoms. The molecule has 2 rings (SSSR count). The second-order valence-corrected chi connectivity index (χ2v) is 6.54. The van der Waals surface area contributed by atoms with Crippen LogP contribution in [0, 0.1) is 5.41 Å². The van der Waals surface area contributed by atoms with Gasteiger partial charge in [0, 0.05) is 19.6 Å². The van der Waals surface area contributed by atoms with Crippen molar-refractivity contribution in [3.8, 4) is 0 Å². The van der Waals surface area contributed by atoms with E-state index in [0.29, 0.717) is 0 Å². The van der Waals surface area contributed by atoms with E-state index in [2.05, 4.69) is 29.2 Å². The maximum absolute atomic E-state index is 9.38. The highest BCUT2D eigenvalue weighted by molar-refractivity contribution is 5.14. The minimum absolute atomic E-state index is 0.216. The molecule has 0 atom stereocenters. The first-order valence-electron chi connectivity index (χ1n) is 8.35. The molecule has 0 amide bonds. The van der Waals surface area contributed by atoms with E-state index in [4.69, 9.17) is 5.73 Å². The van der Waals surface area contributed by atoms with Gasteiger partial charge in [0.15, 0.2) is 0 Å². The van der Waals surface area contributed by atoms with E-state index in [-0.39, 0.29) is 12.0 Å². The van der Waals surface area contributed by atoms with E-state index in [0.717, 1.165) is 26.2 Å². The number of hydrogen-bond donors (Lipinski definition) is 2. The van der Waals surface area contributed by atoms with Gasteiger partial charge >= 0.3 is 0 Å². The molecule has 0 spiro atoms. The summed E-state index contributed by atoms with van der Waals surface area (Å²) >= 11 is 0. The van der Waals surface area contributed by atoms with Crippen molar-refractivity contribution >= 4 is 0 Å². The van der Waals surface area contributed by atoms with Crippen LogP contribution in [0.3, 0.4) is 0 Å². The minimum atomic E-state index is 0.216. The van der Waals surface area contributed by atoms with Crippen LogP contribution in [0.15, 0.2) is 30.3 Å². The fourth-order valence-electron chi connectivity index (χ4n) is 3.58. The molecule has 3 nitrogen and oxygen atoms in total. The molecule has 0 aliphatic heterocycles. The lowest BCUT2D eigenvalue weighted by Gasteiger charge is -2.37. The summed E-state index contributed by atoms with van der Waals surface area (Å²) in [7, 11) is 0. The Labute approximate surface area is 129 Å². The van der Waals surface area contributed by atoms with Crippen LogP contribution in [-0.2, 0) is 6.54 Å². The average molecular weight is 290 g/mol. The van der Waals surface area contributed by atoms with Crippen LogP contribution in [-0.4, -0.2) is 36.2 Å². The molecule has 3 N–H and O–H groups in total. The number of nitrogens with two attached hydrogens (primary N) is 1. The van der Waals surface area contributed by atoms with Gasteiger partial charge in [0.25, 0.3) is 0 Å². The number of hydrogen-bond acceptors (Lipinski definition) is 3. The number of benzene rings is 1. The monoisotopic (exact) mass is 290 g/mol. The molecule has 0 aromatic heterocycles. The van der Waals surface area contributed by atoms with Crippen molar-refractivity contribution in [2.45, 2.75) is 45.1 Å². The fourth-order valence-corrected chi connectivity index (χ4v) is 3.58. The zero-order chi connectivity index (χ0) is 15.0. The van der Waals surface area contributed by atoms with Gasteiger partial charge in [-0.25, -0.2) is 0 Å². The summed E-state index contributed by atoms with van der Waals surface area (Å²) in [5, 5.41) is 9.38. The molecule has 1 aromatic carbocycles. The Hall–Kier alpha value is -0.900. The van der Waals surface area contributed by atoms with Crippen molar-refractivity contribution in [3.63, 3.8) is 0 Å². The Morgan fingerprint density at radius 2 is 1.71 bits per heavy atom. The van der Waals surface area contributed by atoms with Crippen molar-refractivity contribution in [1.29, 1.82) is 0 Å². The lowest BCUT2D eigenvalue weighted by atomic mass is 9.79. The number of aliphatic hydroxyl groups excluding tert-OH is 1. The smallest absolute Gasteiger partial charge is 0.0558 e. The Balaban J connectivity index is 2.02. The third-order valence-corrected chi connectivity index (χ3v) is 4.82. The SMILES string of the molecule is NCC1(CN(CCO)Cc2ccccc2)CCCCCC1. The predicted octanol–water partition coefficient (Wildman–Crippen LogP) is 2.78. The molecular weight excluding hydrogens is 260 g/mol. The van der Waals surface area contributed by atoms with Crippen molar-refractivity contribution in [3.05, 3.63) is 35.9 Å². The lowest BCUT2D eigenvalue weighted by molar-refractivity contribution is 0.109. The summed E-state index contributed by atoms with van der Waals surface area (Å²) in [5.74, 6) is 0. The largest absolute Gasteiger partial charge is 0.395 e. The highest BCUT2D eigenvalue weighted by Crippen LogP contribution is 2.35. The summed E-state index contributed by atoms with van der Waals surface area (Å²) in [5.41, 5.74) is 7.72. The molecule has 1 aliphatic carbocycles. The Bertz CT molecular complexity index is 385. The zero-order valence-electron chi connectivity index (χ0n) is 13.1. The van der Waals surface area contributed by atoms with E-state index < -0.39 is 0 Å². The fraction of sp³-hybridized carbons (Fsp3) is 0.667. The zero-order valence-corrected chi connectivity index (χ0v) is 13.1. The van der Waals surface area contributed by atoms with Gasteiger partial charge in [0.2, 0.25) is 0 Å². The number of rotatable bonds is 7. The standard InChI is InChI=1S/C18H30N2O/c19-15-18(10-6-1-2-7-11-18)16-20(12-13-21)14-17-8-4-3-5-9-17/h3-5,8-9,21H,1-2,6-7,10-16,19H2. The summed E-state index contributed by atoms with van der Waals surface area (Å²) in [6.45, 7) is 3.63. The number of aliphatic hydroxyl groups is 1. The first kappa shape index (κ1) is 16.5. The van der Waals surface area contributed by atoms with Crippen LogP contribution < -0.4 is 5.73 Å². The van der Waals surface area contributed by atoms with E-state index in [1.54, 1.807) is 0 Å². The van der Waals surface area contributed by atoms with Crippen LogP contribution in [0.2, 0.25) is 0 Å². The maximum Gasteiger partial charge on any atom is 0.0558 e. The van der Waals surface area contributed by atoms with Crippen LogP contribution in [0.25, 0.3) is 0 Å². The molecule has 1 fully saturated rings. The molecule has 1 aliphatic rings. The number of nitrogens with zero attached hydrogens (tertiary/aromatic N) is 1. The summed E-state index contributed by atoms with van der Waals surface area (Å²) in [6, 6.07) is 10.5. The second kappa shape index (κ2) is 8.52. The topological polar surface area (TPSA) is 49.5 Å². The summed E-state index contributed by atoms with van der Waals surface area (Å²) < 4.78 is 0. The van der Waals surface area contributed by atoms with Crippen LogP contribution >= 0.6 is 0 Å². The minimum Gasteiger partial charge on any atom is -0.395 e. The molecule has 0 unspecified atom stereocenters. The Morgan fingerprint density at radius 1 is 1.05 bits per heavy atom. The predicted molar refractivity (Wildman–Crippen MR) is 88.0 cm³/mol. The molecule has 0 heterocycles. The molecular formula is C18H30N2O. The first-order valence-corrected chi connectivity index (χ1v) is 8.35. The van der Waals surface area contributed by atoms with E-state index in [1.165, 1.54) is 44.1 Å². The Kier molecular flexibility index (Phi) is 6.68. The molecule has 1 saturated carbocycles. The summed E-state index contributed by atoms with van der Waals surface area (Å²) in [6.07, 6.45) is 7.77. The van der Waals surface area contributed by atoms with Gasteiger partial charge in [-0.1, -0.05) is 56.0 Å². The van der Waals surface area contributed by atoms with Gasteiger partial charge in [-0.05, 0) is 30.4 Å². The first-order chi connectivity index (χ1) is 10.3. The van der Waals surface area contributed by atoms with Crippen molar-refractivity contribution in [2.75, 3.05) is 26.2 Å². The molecule has 0 saturated heterocycles. The summed E-state index contributed by atoms with van der Waals surface area (Å²) in [4.78, 5) is 2.38. The van der Waals surface area contributed by atoms with Crippen molar-refractivity contribution in [1.82, 2.24) is 4.90 Å². The second-order valence-electron chi connectivity index (χ2n) is 6.54. The van der Waals surface area contributed by atoms with Gasteiger partial charge < -0.3 is 10.8 Å². The van der Waals surface area contributed by atoms with Crippen molar-refractivity contribution < 1.29 is 5.11 Å². The highest BCUT2D eigenvalue weighted by atomic mass is 16.3. The quantitative estimate of drug-likeness (QED) is 0.759. The van der Waals surface area contributed by atoms with Crippen LogP contribution in [0.1, 0.15) is 44.1 Å². The van der Waals surface area contributed by atoms with Gasteiger partial charge in [-0.15, -0.1) is 0 Å². The van der Waals surface area contributed by atoms with Gasteiger partial charge in [0.05, 0.1) is 6.61 Å². The molecule has 0 bridgehead atoms. The van der Waals surface area contributed by atoms with Gasteiger partial charge in [-0.2, -0.15) is 0 Å². The lowest BCUT2D eigenvalue weighted by Crippen LogP contribution is -2.43. The third kappa shape index (κ3) is 5.10. The van der Waals surface area contributed by atoms with Crippen molar-refractivity contribution in [2.24, 2.45) is 11.1 Å². The Morgan fingerprint density at radius 3 is 2.29 bits per heavy atom. The molecule has 3 heteroatoms. The van der Waals surface area contributed by atoms with Crippen LogP contribution in [0.5, 0.6) is 0 Å². The normalized spacial score (nSPS) is 18.6. The van der Waals surface area contributed by atoms with Gasteiger partial charge in [0.1, 0.15) is 0 Å². The van der Waals surface area contributed by atoms with E-state index in [9.17, 15) is 5.11 Å².